The number of benzene rings is 1. The van der Waals surface area contributed by atoms with Crippen LogP contribution in [0.2, 0.25) is 0 Å². The average Bonchev–Trinajstić information content (AvgIpc) is 2.51. The van der Waals surface area contributed by atoms with E-state index in [0.29, 0.717) is 19.0 Å². The lowest BCUT2D eigenvalue weighted by atomic mass is 10.0. The van der Waals surface area contributed by atoms with Gasteiger partial charge in [0.2, 0.25) is 10.0 Å². The van der Waals surface area contributed by atoms with Crippen molar-refractivity contribution in [1.82, 2.24) is 4.90 Å². The van der Waals surface area contributed by atoms with E-state index >= 15 is 0 Å². The Morgan fingerprint density at radius 2 is 2.04 bits per heavy atom. The third-order valence-corrected chi connectivity index (χ3v) is 4.37. The predicted molar refractivity (Wildman–Crippen MR) is 90.2 cm³/mol. The van der Waals surface area contributed by atoms with Gasteiger partial charge in [-0.3, -0.25) is 9.52 Å². The number of sulfonamides is 1. The fourth-order valence-corrected chi connectivity index (χ4v) is 3.24. The number of hydrogen-bond acceptors (Lipinski definition) is 5. The van der Waals surface area contributed by atoms with Gasteiger partial charge in [-0.05, 0) is 30.9 Å². The summed E-state index contributed by atoms with van der Waals surface area (Å²) in [5.74, 6) is -0.526. The second-order valence-electron chi connectivity index (χ2n) is 6.08. The van der Waals surface area contributed by atoms with E-state index in [2.05, 4.69) is 11.6 Å². The molecule has 0 aromatic heterocycles. The first-order chi connectivity index (χ1) is 11.3. The molecule has 132 valence electrons. The van der Waals surface area contributed by atoms with Crippen LogP contribution >= 0.6 is 0 Å². The van der Waals surface area contributed by atoms with Crippen molar-refractivity contribution in [3.8, 4) is 0 Å². The van der Waals surface area contributed by atoms with Crippen molar-refractivity contribution in [3.63, 3.8) is 0 Å². The van der Waals surface area contributed by atoms with Crippen molar-refractivity contribution in [1.29, 1.82) is 0 Å². The van der Waals surface area contributed by atoms with Crippen LogP contribution in [0.15, 0.2) is 24.3 Å². The zero-order valence-electron chi connectivity index (χ0n) is 13.8. The zero-order chi connectivity index (χ0) is 17.7. The van der Waals surface area contributed by atoms with Gasteiger partial charge >= 0.3 is 5.97 Å². The smallest absolute Gasteiger partial charge is 0.340 e. The highest BCUT2D eigenvalue weighted by Gasteiger charge is 2.22. The number of likely N-dealkylation sites (tertiary alicyclic amines) is 1. The van der Waals surface area contributed by atoms with Gasteiger partial charge in [0.25, 0.3) is 5.91 Å². The fourth-order valence-electron chi connectivity index (χ4n) is 2.66. The van der Waals surface area contributed by atoms with E-state index in [1.807, 2.05) is 0 Å². The Labute approximate surface area is 142 Å². The first-order valence-electron chi connectivity index (χ1n) is 7.78. The van der Waals surface area contributed by atoms with E-state index in [1.165, 1.54) is 12.1 Å². The number of anilines is 1. The Kier molecular flexibility index (Phi) is 5.82. The summed E-state index contributed by atoms with van der Waals surface area (Å²) in [4.78, 5) is 26.0. The molecule has 1 fully saturated rings. The van der Waals surface area contributed by atoms with Crippen molar-refractivity contribution in [2.75, 3.05) is 30.7 Å². The minimum absolute atomic E-state index is 0.0720. The van der Waals surface area contributed by atoms with Crippen LogP contribution in [0.4, 0.5) is 5.69 Å². The lowest BCUT2D eigenvalue weighted by Crippen LogP contribution is -2.41. The molecule has 0 saturated carbocycles. The van der Waals surface area contributed by atoms with Gasteiger partial charge < -0.3 is 9.64 Å². The minimum Gasteiger partial charge on any atom is -0.452 e. The molecule has 8 heteroatoms. The summed E-state index contributed by atoms with van der Waals surface area (Å²) >= 11 is 0. The fraction of sp³-hybridized carbons (Fsp3) is 0.500. The maximum absolute atomic E-state index is 12.2. The van der Waals surface area contributed by atoms with E-state index < -0.39 is 16.0 Å². The van der Waals surface area contributed by atoms with Crippen LogP contribution in [-0.2, 0) is 19.6 Å². The van der Waals surface area contributed by atoms with Gasteiger partial charge in [-0.15, -0.1) is 0 Å². The third-order valence-electron chi connectivity index (χ3n) is 3.78. The summed E-state index contributed by atoms with van der Waals surface area (Å²) < 4.78 is 30.0. The van der Waals surface area contributed by atoms with E-state index in [1.54, 1.807) is 17.0 Å². The molecule has 1 saturated heterocycles. The third kappa shape index (κ3) is 5.23. The standard InChI is InChI=1S/C16H22N2O5S/c1-12-6-5-9-18(10-12)15(19)11-23-16(20)13-7-3-4-8-14(13)17-24(2,21)22/h3-4,7-8,12,17H,5-6,9-11H2,1-2H3. The molecule has 0 bridgehead atoms. The number of carbonyl (C=O) groups excluding carboxylic acids is 2. The molecular formula is C16H22N2O5S. The lowest BCUT2D eigenvalue weighted by Gasteiger charge is -2.30. The van der Waals surface area contributed by atoms with Gasteiger partial charge in [0.05, 0.1) is 17.5 Å². The molecule has 0 spiro atoms. The number of nitrogens with one attached hydrogen (secondary N) is 1. The quantitative estimate of drug-likeness (QED) is 0.809. The zero-order valence-corrected chi connectivity index (χ0v) is 14.6. The van der Waals surface area contributed by atoms with Crippen molar-refractivity contribution >= 4 is 27.6 Å². The van der Waals surface area contributed by atoms with Crippen LogP contribution in [-0.4, -0.2) is 51.1 Å². The normalized spacial score (nSPS) is 18.1. The first kappa shape index (κ1) is 18.3. The Hall–Kier alpha value is -2.09. The molecule has 0 radical (unpaired) electrons. The lowest BCUT2D eigenvalue weighted by molar-refractivity contribution is -0.136. The number of amides is 1. The molecule has 1 aromatic carbocycles. The molecule has 1 aliphatic rings. The van der Waals surface area contributed by atoms with Gasteiger partial charge in [-0.1, -0.05) is 19.1 Å². The number of para-hydroxylation sites is 1. The Bertz CT molecular complexity index is 717. The summed E-state index contributed by atoms with van der Waals surface area (Å²) in [6, 6.07) is 6.11. The topological polar surface area (TPSA) is 92.8 Å². The van der Waals surface area contributed by atoms with Crippen LogP contribution in [0.1, 0.15) is 30.1 Å². The Morgan fingerprint density at radius 3 is 2.71 bits per heavy atom. The average molecular weight is 354 g/mol. The summed E-state index contributed by atoms with van der Waals surface area (Å²) in [5.41, 5.74) is 0.201. The van der Waals surface area contributed by atoms with Crippen LogP contribution < -0.4 is 4.72 Å². The summed E-state index contributed by atoms with van der Waals surface area (Å²) in [6.07, 6.45) is 3.03. The molecular weight excluding hydrogens is 332 g/mol. The molecule has 1 N–H and O–H groups in total. The number of esters is 1. The highest BCUT2D eigenvalue weighted by Crippen LogP contribution is 2.18. The van der Waals surface area contributed by atoms with E-state index in [9.17, 15) is 18.0 Å². The van der Waals surface area contributed by atoms with E-state index in [4.69, 9.17) is 4.74 Å². The summed E-state index contributed by atoms with van der Waals surface area (Å²) in [7, 11) is -3.52. The number of rotatable bonds is 5. The molecule has 2 rings (SSSR count). The van der Waals surface area contributed by atoms with Crippen LogP contribution in [0, 0.1) is 5.92 Å². The largest absolute Gasteiger partial charge is 0.452 e. The summed E-state index contributed by atoms with van der Waals surface area (Å²) in [6.45, 7) is 3.08. The molecule has 0 aliphatic carbocycles. The minimum atomic E-state index is -3.52. The number of carbonyl (C=O) groups is 2. The van der Waals surface area contributed by atoms with Gasteiger partial charge in [-0.25, -0.2) is 13.2 Å². The van der Waals surface area contributed by atoms with Crippen molar-refractivity contribution in [2.45, 2.75) is 19.8 Å². The van der Waals surface area contributed by atoms with Crippen molar-refractivity contribution in [3.05, 3.63) is 29.8 Å². The second kappa shape index (κ2) is 7.65. The highest BCUT2D eigenvalue weighted by molar-refractivity contribution is 7.92. The number of piperidine rings is 1. The predicted octanol–water partition coefficient (Wildman–Crippen LogP) is 1.47. The van der Waals surface area contributed by atoms with E-state index in [-0.39, 0.29) is 23.8 Å². The molecule has 24 heavy (non-hydrogen) atoms. The van der Waals surface area contributed by atoms with Gasteiger partial charge in [-0.2, -0.15) is 0 Å². The van der Waals surface area contributed by atoms with E-state index in [0.717, 1.165) is 19.1 Å². The first-order valence-corrected chi connectivity index (χ1v) is 9.67. The summed E-state index contributed by atoms with van der Waals surface area (Å²) in [5, 5.41) is 0. The molecule has 1 aromatic rings. The molecule has 1 heterocycles. The monoisotopic (exact) mass is 354 g/mol. The number of hydrogen-bond donors (Lipinski definition) is 1. The molecule has 1 unspecified atom stereocenters. The number of ether oxygens (including phenoxy) is 1. The maximum atomic E-state index is 12.2. The van der Waals surface area contributed by atoms with Gasteiger partial charge in [0, 0.05) is 13.1 Å². The maximum Gasteiger partial charge on any atom is 0.340 e. The van der Waals surface area contributed by atoms with Gasteiger partial charge in [0.15, 0.2) is 6.61 Å². The Balaban J connectivity index is 1.99. The molecule has 1 atom stereocenters. The van der Waals surface area contributed by atoms with Gasteiger partial charge in [0.1, 0.15) is 0 Å². The highest BCUT2D eigenvalue weighted by atomic mass is 32.2. The van der Waals surface area contributed by atoms with Crippen LogP contribution in [0.5, 0.6) is 0 Å². The SMILES string of the molecule is CC1CCCN(C(=O)COC(=O)c2ccccc2NS(C)(=O)=O)C1. The number of nitrogens with zero attached hydrogens (tertiary/aromatic N) is 1. The molecule has 1 aliphatic heterocycles. The Morgan fingerprint density at radius 1 is 1.33 bits per heavy atom. The van der Waals surface area contributed by atoms with Crippen molar-refractivity contribution < 1.29 is 22.7 Å². The van der Waals surface area contributed by atoms with Crippen LogP contribution in [0.25, 0.3) is 0 Å². The molecule has 7 nitrogen and oxygen atoms in total. The second-order valence-corrected chi connectivity index (χ2v) is 7.83. The van der Waals surface area contributed by atoms with Crippen LogP contribution in [0.3, 0.4) is 0 Å². The molecule has 1 amide bonds. The van der Waals surface area contributed by atoms with Crippen molar-refractivity contribution in [2.24, 2.45) is 5.92 Å².